The van der Waals surface area contributed by atoms with Crippen LogP contribution in [0.25, 0.3) is 0 Å². The zero-order valence-corrected chi connectivity index (χ0v) is 7.28. The van der Waals surface area contributed by atoms with Crippen LogP contribution in [0.4, 0.5) is 0 Å². The second kappa shape index (κ2) is 5.59. The highest BCUT2D eigenvalue weighted by atomic mass is 32.2. The van der Waals surface area contributed by atoms with E-state index in [9.17, 15) is 0 Å². The van der Waals surface area contributed by atoms with Gasteiger partial charge in [0.1, 0.15) is 0 Å². The Morgan fingerprint density at radius 1 is 0.600 bits per heavy atom. The van der Waals surface area contributed by atoms with Crippen LogP contribution in [0.1, 0.15) is 0 Å². The molecule has 0 aromatic heterocycles. The first-order valence-corrected chi connectivity index (χ1v) is 5.38. The van der Waals surface area contributed by atoms with Crippen LogP contribution in [0, 0.1) is 23.7 Å². The molecule has 0 radical (unpaired) electrons. The highest BCUT2D eigenvalue weighted by molar-refractivity contribution is 8.00. The molecule has 0 spiro atoms. The van der Waals surface area contributed by atoms with Gasteiger partial charge >= 0.3 is 0 Å². The van der Waals surface area contributed by atoms with Crippen LogP contribution in [0.5, 0.6) is 0 Å². The summed E-state index contributed by atoms with van der Waals surface area (Å²) < 4.78 is 0. The Hall–Kier alpha value is -0.180. The summed E-state index contributed by atoms with van der Waals surface area (Å²) in [6, 6.07) is 0. The maximum Gasteiger partial charge on any atom is 0.0557 e. The third-order valence-corrected chi connectivity index (χ3v) is 2.34. The molecule has 0 bridgehead atoms. The minimum absolute atomic E-state index is 0.940. The molecule has 10 heavy (non-hydrogen) atoms. The fourth-order valence-corrected chi connectivity index (χ4v) is 1.53. The first kappa shape index (κ1) is 7.92. The second-order valence-electron chi connectivity index (χ2n) is 1.69. The molecule has 0 atom stereocenters. The summed E-state index contributed by atoms with van der Waals surface area (Å²) in [4.78, 5) is 0. The monoisotopic (exact) mass is 168 g/mol. The zero-order valence-electron chi connectivity index (χ0n) is 5.64. The lowest BCUT2D eigenvalue weighted by atomic mass is 10.6. The number of rotatable bonds is 0. The SMILES string of the molecule is C1#CCSCC#CCSC1. The molecule has 1 rings (SSSR count). The quantitative estimate of drug-likeness (QED) is 0.502. The van der Waals surface area contributed by atoms with Crippen molar-refractivity contribution in [2.75, 3.05) is 23.0 Å². The van der Waals surface area contributed by atoms with E-state index in [4.69, 9.17) is 0 Å². The maximum atomic E-state index is 3.08. The van der Waals surface area contributed by atoms with Gasteiger partial charge in [0.15, 0.2) is 0 Å². The van der Waals surface area contributed by atoms with Gasteiger partial charge in [-0.15, -0.1) is 23.5 Å². The van der Waals surface area contributed by atoms with E-state index in [-0.39, 0.29) is 0 Å². The highest BCUT2D eigenvalue weighted by Crippen LogP contribution is 2.00. The van der Waals surface area contributed by atoms with Crippen molar-refractivity contribution in [2.24, 2.45) is 0 Å². The lowest BCUT2D eigenvalue weighted by Gasteiger charge is -1.89. The Balaban J connectivity index is 2.31. The maximum absolute atomic E-state index is 3.08. The van der Waals surface area contributed by atoms with Crippen molar-refractivity contribution in [1.29, 1.82) is 0 Å². The van der Waals surface area contributed by atoms with E-state index in [1.807, 2.05) is 0 Å². The normalized spacial score (nSPS) is 17.6. The molecule has 0 N–H and O–H groups in total. The minimum atomic E-state index is 0.940. The third-order valence-electron chi connectivity index (χ3n) is 0.947. The van der Waals surface area contributed by atoms with Crippen molar-refractivity contribution >= 4 is 23.5 Å². The molecule has 0 fully saturated rings. The van der Waals surface area contributed by atoms with Gasteiger partial charge in [0.05, 0.1) is 23.0 Å². The van der Waals surface area contributed by atoms with Crippen molar-refractivity contribution in [3.8, 4) is 23.7 Å². The molecule has 0 aromatic carbocycles. The predicted molar refractivity (Wildman–Crippen MR) is 50.2 cm³/mol. The van der Waals surface area contributed by atoms with Gasteiger partial charge in [-0.3, -0.25) is 0 Å². The van der Waals surface area contributed by atoms with Gasteiger partial charge in [-0.2, -0.15) is 0 Å². The molecule has 0 aromatic rings. The van der Waals surface area contributed by atoms with Gasteiger partial charge in [-0.05, 0) is 0 Å². The van der Waals surface area contributed by atoms with Crippen molar-refractivity contribution < 1.29 is 0 Å². The largest absolute Gasteiger partial charge is 0.136 e. The molecule has 1 aliphatic heterocycles. The third kappa shape index (κ3) is 3.77. The van der Waals surface area contributed by atoms with Crippen LogP contribution in [-0.4, -0.2) is 23.0 Å². The second-order valence-corrected chi connectivity index (χ2v) is 3.66. The summed E-state index contributed by atoms with van der Waals surface area (Å²) >= 11 is 3.59. The predicted octanol–water partition coefficient (Wildman–Crippen LogP) is 1.47. The molecule has 52 valence electrons. The first-order valence-electron chi connectivity index (χ1n) is 3.07. The van der Waals surface area contributed by atoms with Crippen LogP contribution < -0.4 is 0 Å². The Morgan fingerprint density at radius 3 is 1.20 bits per heavy atom. The van der Waals surface area contributed by atoms with Crippen LogP contribution in [0.2, 0.25) is 0 Å². The topological polar surface area (TPSA) is 0 Å². The Bertz CT molecular complexity index is 159. The van der Waals surface area contributed by atoms with Gasteiger partial charge in [0.25, 0.3) is 0 Å². The molecular weight excluding hydrogens is 160 g/mol. The summed E-state index contributed by atoms with van der Waals surface area (Å²) in [5.41, 5.74) is 0. The van der Waals surface area contributed by atoms with Crippen LogP contribution in [0.3, 0.4) is 0 Å². The van der Waals surface area contributed by atoms with Crippen molar-refractivity contribution in [3.63, 3.8) is 0 Å². The number of hydrogen-bond donors (Lipinski definition) is 0. The summed E-state index contributed by atoms with van der Waals surface area (Å²) in [6.45, 7) is 0. The van der Waals surface area contributed by atoms with Crippen molar-refractivity contribution in [3.05, 3.63) is 0 Å². The van der Waals surface area contributed by atoms with Crippen molar-refractivity contribution in [1.82, 2.24) is 0 Å². The van der Waals surface area contributed by atoms with E-state index in [1.54, 1.807) is 23.5 Å². The number of thioether (sulfide) groups is 2. The molecule has 0 aliphatic carbocycles. The van der Waals surface area contributed by atoms with E-state index in [1.165, 1.54) is 0 Å². The molecular formula is C8H8S2. The van der Waals surface area contributed by atoms with E-state index < -0.39 is 0 Å². The Morgan fingerprint density at radius 2 is 0.900 bits per heavy atom. The van der Waals surface area contributed by atoms with Crippen molar-refractivity contribution in [2.45, 2.75) is 0 Å². The molecule has 0 amide bonds. The standard InChI is InChI=1S/C8H8S2/c1-2-6-10-8-4-3-7-9-5-1/h5-8H2. The smallest absolute Gasteiger partial charge is 0.0557 e. The zero-order chi connectivity index (χ0) is 7.07. The van der Waals surface area contributed by atoms with E-state index in [0.29, 0.717) is 0 Å². The fraction of sp³-hybridized carbons (Fsp3) is 0.500. The van der Waals surface area contributed by atoms with E-state index in [2.05, 4.69) is 23.7 Å². The molecule has 0 saturated carbocycles. The fourth-order valence-electron chi connectivity index (χ4n) is 0.510. The molecule has 0 unspecified atom stereocenters. The summed E-state index contributed by atoms with van der Waals surface area (Å²) in [5, 5.41) is 0. The number of hydrogen-bond acceptors (Lipinski definition) is 2. The molecule has 0 nitrogen and oxygen atoms in total. The molecule has 1 aliphatic rings. The summed E-state index contributed by atoms with van der Waals surface area (Å²) in [6.07, 6.45) is 0. The molecule has 2 heteroatoms. The van der Waals surface area contributed by atoms with Gasteiger partial charge in [-0.1, -0.05) is 23.7 Å². The Labute approximate surface area is 70.5 Å². The first-order chi connectivity index (χ1) is 5.00. The lowest BCUT2D eigenvalue weighted by Crippen LogP contribution is -1.82. The van der Waals surface area contributed by atoms with Gasteiger partial charge < -0.3 is 0 Å². The van der Waals surface area contributed by atoms with Gasteiger partial charge in [0, 0.05) is 0 Å². The highest BCUT2D eigenvalue weighted by Gasteiger charge is 1.83. The van der Waals surface area contributed by atoms with Gasteiger partial charge in [-0.25, -0.2) is 0 Å². The average Bonchev–Trinajstić information content (AvgIpc) is 2.01. The summed E-state index contributed by atoms with van der Waals surface area (Å²) in [5.74, 6) is 16.1. The Kier molecular flexibility index (Phi) is 4.43. The lowest BCUT2D eigenvalue weighted by molar-refractivity contribution is 1.76. The summed E-state index contributed by atoms with van der Waals surface area (Å²) in [7, 11) is 0. The van der Waals surface area contributed by atoms with Gasteiger partial charge in [0.2, 0.25) is 0 Å². The molecule has 1 heterocycles. The van der Waals surface area contributed by atoms with E-state index in [0.717, 1.165) is 23.0 Å². The van der Waals surface area contributed by atoms with Crippen LogP contribution >= 0.6 is 23.5 Å². The molecule has 0 saturated heterocycles. The average molecular weight is 168 g/mol. The minimum Gasteiger partial charge on any atom is -0.136 e. The van der Waals surface area contributed by atoms with E-state index >= 15 is 0 Å². The van der Waals surface area contributed by atoms with Crippen LogP contribution in [0.15, 0.2) is 0 Å². The van der Waals surface area contributed by atoms with Crippen LogP contribution in [-0.2, 0) is 0 Å².